The number of ether oxygens (including phenoxy) is 1. The summed E-state index contributed by atoms with van der Waals surface area (Å²) in [5.74, 6) is -0.270. The first-order chi connectivity index (χ1) is 11.0. The van der Waals surface area contributed by atoms with Crippen LogP contribution in [0.3, 0.4) is 0 Å². The van der Waals surface area contributed by atoms with Crippen LogP contribution in [-0.2, 0) is 16.1 Å². The Morgan fingerprint density at radius 2 is 1.70 bits per heavy atom. The van der Waals surface area contributed by atoms with Crippen molar-refractivity contribution in [3.8, 4) is 5.75 Å². The van der Waals surface area contributed by atoms with Crippen LogP contribution in [0.4, 0.5) is 0 Å². The molecule has 0 aliphatic heterocycles. The summed E-state index contributed by atoms with van der Waals surface area (Å²) in [4.78, 5) is 24.9. The number of nitrogens with two attached hydrogens (primary N) is 1. The first-order valence-electron chi connectivity index (χ1n) is 7.03. The van der Waals surface area contributed by atoms with Gasteiger partial charge in [-0.3, -0.25) is 9.59 Å². The Hall–Kier alpha value is -2.34. The van der Waals surface area contributed by atoms with Crippen LogP contribution in [0.5, 0.6) is 5.75 Å². The zero-order chi connectivity index (χ0) is 16.7. The van der Waals surface area contributed by atoms with Crippen LogP contribution < -0.4 is 10.5 Å². The molecule has 2 rings (SSSR count). The normalized spacial score (nSPS) is 10.1. The van der Waals surface area contributed by atoms with Gasteiger partial charge >= 0.3 is 0 Å². The van der Waals surface area contributed by atoms with Gasteiger partial charge in [0, 0.05) is 11.0 Å². The molecule has 2 amide bonds. The summed E-state index contributed by atoms with van der Waals surface area (Å²) >= 11 is 3.33. The van der Waals surface area contributed by atoms with E-state index in [1.54, 1.807) is 12.1 Å². The minimum Gasteiger partial charge on any atom is -0.484 e. The third-order valence-corrected chi connectivity index (χ3v) is 3.62. The van der Waals surface area contributed by atoms with Crippen molar-refractivity contribution in [1.29, 1.82) is 0 Å². The summed E-state index contributed by atoms with van der Waals surface area (Å²) in [6, 6.07) is 16.6. The first kappa shape index (κ1) is 17.0. The SMILES string of the molecule is NC(=O)CN(Cc1ccccc1)C(=O)COc1ccc(Br)cc1. The number of rotatable bonds is 7. The van der Waals surface area contributed by atoms with Gasteiger partial charge in [-0.1, -0.05) is 46.3 Å². The summed E-state index contributed by atoms with van der Waals surface area (Å²) in [5, 5.41) is 0. The minimum atomic E-state index is -0.557. The molecule has 0 atom stereocenters. The van der Waals surface area contributed by atoms with Gasteiger partial charge < -0.3 is 15.4 Å². The van der Waals surface area contributed by atoms with E-state index in [0.29, 0.717) is 12.3 Å². The second-order valence-electron chi connectivity index (χ2n) is 4.94. The van der Waals surface area contributed by atoms with Crippen LogP contribution in [-0.4, -0.2) is 29.9 Å². The molecule has 2 N–H and O–H groups in total. The Labute approximate surface area is 143 Å². The quantitative estimate of drug-likeness (QED) is 0.805. The van der Waals surface area contributed by atoms with Crippen LogP contribution in [0.25, 0.3) is 0 Å². The maximum absolute atomic E-state index is 12.3. The van der Waals surface area contributed by atoms with Crippen molar-refractivity contribution in [2.75, 3.05) is 13.2 Å². The third-order valence-electron chi connectivity index (χ3n) is 3.09. The molecule has 120 valence electrons. The van der Waals surface area contributed by atoms with E-state index in [-0.39, 0.29) is 19.1 Å². The Morgan fingerprint density at radius 1 is 1.04 bits per heavy atom. The molecular weight excluding hydrogens is 360 g/mol. The molecule has 2 aromatic carbocycles. The highest BCUT2D eigenvalue weighted by atomic mass is 79.9. The van der Waals surface area contributed by atoms with Crippen LogP contribution in [0, 0.1) is 0 Å². The molecule has 0 heterocycles. The van der Waals surface area contributed by atoms with E-state index in [1.807, 2.05) is 42.5 Å². The van der Waals surface area contributed by atoms with Crippen molar-refractivity contribution >= 4 is 27.7 Å². The maximum atomic E-state index is 12.3. The van der Waals surface area contributed by atoms with E-state index in [4.69, 9.17) is 10.5 Å². The molecule has 0 radical (unpaired) electrons. The Kier molecular flexibility index (Phi) is 6.17. The summed E-state index contributed by atoms with van der Waals surface area (Å²) in [6.45, 7) is 0.0193. The molecule has 5 nitrogen and oxygen atoms in total. The second-order valence-corrected chi connectivity index (χ2v) is 5.86. The van der Waals surface area contributed by atoms with Crippen molar-refractivity contribution in [2.24, 2.45) is 5.73 Å². The molecule has 2 aromatic rings. The molecule has 0 spiro atoms. The number of nitrogens with zero attached hydrogens (tertiary/aromatic N) is 1. The maximum Gasteiger partial charge on any atom is 0.261 e. The van der Waals surface area contributed by atoms with Gasteiger partial charge in [0.25, 0.3) is 5.91 Å². The van der Waals surface area contributed by atoms with E-state index < -0.39 is 5.91 Å². The number of carbonyl (C=O) groups is 2. The summed E-state index contributed by atoms with van der Waals surface area (Å²) in [6.07, 6.45) is 0. The van der Waals surface area contributed by atoms with E-state index >= 15 is 0 Å². The zero-order valence-corrected chi connectivity index (χ0v) is 14.0. The van der Waals surface area contributed by atoms with Gasteiger partial charge in [-0.25, -0.2) is 0 Å². The van der Waals surface area contributed by atoms with Crippen molar-refractivity contribution in [2.45, 2.75) is 6.54 Å². The number of hydrogen-bond acceptors (Lipinski definition) is 3. The Bertz CT molecular complexity index is 659. The van der Waals surface area contributed by atoms with E-state index in [9.17, 15) is 9.59 Å². The molecule has 0 aliphatic rings. The average molecular weight is 377 g/mol. The minimum absolute atomic E-state index is 0.141. The second kappa shape index (κ2) is 8.33. The van der Waals surface area contributed by atoms with Crippen molar-refractivity contribution in [3.05, 3.63) is 64.6 Å². The lowest BCUT2D eigenvalue weighted by atomic mass is 10.2. The number of carbonyl (C=O) groups excluding carboxylic acids is 2. The molecule has 0 saturated heterocycles. The standard InChI is InChI=1S/C17H17BrN2O3/c18-14-6-8-15(9-7-14)23-12-17(22)20(11-16(19)21)10-13-4-2-1-3-5-13/h1-9H,10-12H2,(H2,19,21). The van der Waals surface area contributed by atoms with Crippen LogP contribution in [0.15, 0.2) is 59.1 Å². The van der Waals surface area contributed by atoms with Crippen molar-refractivity contribution in [3.63, 3.8) is 0 Å². The smallest absolute Gasteiger partial charge is 0.261 e. The van der Waals surface area contributed by atoms with Crippen molar-refractivity contribution < 1.29 is 14.3 Å². The molecule has 6 heteroatoms. The number of benzene rings is 2. The van der Waals surface area contributed by atoms with E-state index in [2.05, 4.69) is 15.9 Å². The topological polar surface area (TPSA) is 72.6 Å². The number of primary amides is 1. The third kappa shape index (κ3) is 5.75. The Morgan fingerprint density at radius 3 is 2.30 bits per heavy atom. The lowest BCUT2D eigenvalue weighted by Gasteiger charge is -2.21. The lowest BCUT2D eigenvalue weighted by molar-refractivity contribution is -0.137. The van der Waals surface area contributed by atoms with Gasteiger partial charge in [0.05, 0.1) is 6.54 Å². The predicted molar refractivity (Wildman–Crippen MR) is 90.7 cm³/mol. The molecule has 0 unspecified atom stereocenters. The van der Waals surface area contributed by atoms with Crippen LogP contribution >= 0.6 is 15.9 Å². The number of hydrogen-bond donors (Lipinski definition) is 1. The highest BCUT2D eigenvalue weighted by Crippen LogP contribution is 2.16. The summed E-state index contributed by atoms with van der Waals surface area (Å²) in [7, 11) is 0. The first-order valence-corrected chi connectivity index (χ1v) is 7.82. The molecule has 0 aliphatic carbocycles. The van der Waals surface area contributed by atoms with Crippen molar-refractivity contribution in [1.82, 2.24) is 4.90 Å². The molecular formula is C17H17BrN2O3. The highest BCUT2D eigenvalue weighted by Gasteiger charge is 2.17. The van der Waals surface area contributed by atoms with Gasteiger partial charge in [-0.05, 0) is 29.8 Å². The molecule has 0 saturated carbocycles. The molecule has 0 aromatic heterocycles. The number of amides is 2. The molecule has 0 fully saturated rings. The average Bonchev–Trinajstić information content (AvgIpc) is 2.54. The fourth-order valence-corrected chi connectivity index (χ4v) is 2.26. The molecule has 23 heavy (non-hydrogen) atoms. The molecule has 0 bridgehead atoms. The van der Waals surface area contributed by atoms with Gasteiger partial charge in [0.1, 0.15) is 5.75 Å². The zero-order valence-electron chi connectivity index (χ0n) is 12.4. The van der Waals surface area contributed by atoms with E-state index in [1.165, 1.54) is 4.90 Å². The van der Waals surface area contributed by atoms with Gasteiger partial charge in [-0.15, -0.1) is 0 Å². The fraction of sp³-hybridized carbons (Fsp3) is 0.176. The van der Waals surface area contributed by atoms with E-state index in [0.717, 1.165) is 10.0 Å². The highest BCUT2D eigenvalue weighted by molar-refractivity contribution is 9.10. The summed E-state index contributed by atoms with van der Waals surface area (Å²) in [5.41, 5.74) is 6.15. The predicted octanol–water partition coefficient (Wildman–Crippen LogP) is 2.34. The Balaban J connectivity index is 1.98. The number of halogens is 1. The fourth-order valence-electron chi connectivity index (χ4n) is 1.99. The van der Waals surface area contributed by atoms with Crippen LogP contribution in [0.1, 0.15) is 5.56 Å². The van der Waals surface area contributed by atoms with Gasteiger partial charge in [0.15, 0.2) is 6.61 Å². The van der Waals surface area contributed by atoms with Gasteiger partial charge in [0.2, 0.25) is 5.91 Å². The lowest BCUT2D eigenvalue weighted by Crippen LogP contribution is -2.40. The summed E-state index contributed by atoms with van der Waals surface area (Å²) < 4.78 is 6.39. The van der Waals surface area contributed by atoms with Crippen LogP contribution in [0.2, 0.25) is 0 Å². The van der Waals surface area contributed by atoms with Gasteiger partial charge in [-0.2, -0.15) is 0 Å². The monoisotopic (exact) mass is 376 g/mol. The largest absolute Gasteiger partial charge is 0.484 e.